The molecule has 0 aliphatic carbocycles. The lowest BCUT2D eigenvalue weighted by Gasteiger charge is -2.35. The largest absolute Gasteiger partial charge is 0.779 e. The molecule has 0 aromatic carbocycles. The van der Waals surface area contributed by atoms with Gasteiger partial charge in [-0.1, -0.05) is 20.1 Å². The fourth-order valence-corrected chi connectivity index (χ4v) is 9.31. The summed E-state index contributed by atoms with van der Waals surface area (Å²) in [6.07, 6.45) is -0.804. The zero-order valence-corrected chi connectivity index (χ0v) is 54.1. The molecule has 8 unspecified atom stereocenters. The first-order valence-electron chi connectivity index (χ1n) is 26.0. The minimum Gasteiger partial charge on any atom is -0.779 e. The van der Waals surface area contributed by atoms with Gasteiger partial charge in [0.15, 0.2) is 0 Å². The van der Waals surface area contributed by atoms with Crippen LogP contribution in [0.1, 0.15) is 51.9 Å². The van der Waals surface area contributed by atoms with Gasteiger partial charge in [-0.2, -0.15) is 0 Å². The van der Waals surface area contributed by atoms with Gasteiger partial charge in [0.2, 0.25) is 0 Å². The number of hydrogen-bond donors (Lipinski definition) is 5. The van der Waals surface area contributed by atoms with Crippen molar-refractivity contribution in [3.8, 4) is 0 Å². The maximum atomic E-state index is 12.8. The van der Waals surface area contributed by atoms with E-state index in [-0.39, 0.29) is 91.6 Å². The molecule has 0 saturated heterocycles. The number of aliphatic hydroxyl groups excluding tert-OH is 3. The van der Waals surface area contributed by atoms with E-state index in [1.807, 2.05) is 6.92 Å². The Bertz CT molecular complexity index is 1660. The highest BCUT2D eigenvalue weighted by Crippen LogP contribution is 2.44. The van der Waals surface area contributed by atoms with E-state index in [0.29, 0.717) is 6.61 Å². The molecule has 0 fully saturated rings. The average molecular weight is 1360 g/mol. The molecule has 8 atom stereocenters. The van der Waals surface area contributed by atoms with Gasteiger partial charge in [0.05, 0.1) is 130 Å². The molecule has 86 heavy (non-hydrogen) atoms. The highest BCUT2D eigenvalue weighted by atomic mass is 31.2. The Morgan fingerprint density at radius 1 is 0.442 bits per heavy atom. The minimum atomic E-state index is -5.22. The van der Waals surface area contributed by atoms with E-state index in [1.165, 1.54) is 0 Å². The first-order valence-corrected chi connectivity index (χ1v) is 33.8. The first-order chi connectivity index (χ1) is 40.9. The van der Waals surface area contributed by atoms with Crippen molar-refractivity contribution in [3.05, 3.63) is 65.2 Å². The maximum absolute atomic E-state index is 12.8. The van der Waals surface area contributed by atoms with Crippen LogP contribution in [0.2, 0.25) is 0 Å². The van der Waals surface area contributed by atoms with Crippen molar-refractivity contribution in [3.63, 3.8) is 0 Å². The predicted octanol–water partition coefficient (Wildman–Crippen LogP) is 1.89. The summed E-state index contributed by atoms with van der Waals surface area (Å²) in [6, 6.07) is 0. The zero-order valence-electron chi connectivity index (χ0n) is 49.7. The van der Waals surface area contributed by atoms with Gasteiger partial charge < -0.3 is 123 Å². The highest BCUT2D eigenvalue weighted by Gasteiger charge is 2.35. The summed E-state index contributed by atoms with van der Waals surface area (Å²) >= 11 is 0. The van der Waals surface area contributed by atoms with Crippen molar-refractivity contribution >= 4 is 38.9 Å². The number of rotatable bonds is 59. The van der Waals surface area contributed by atoms with E-state index in [1.54, 1.807) is 14.1 Å². The van der Waals surface area contributed by atoms with Crippen molar-refractivity contribution in [2.24, 2.45) is 5.41 Å². The fraction of sp³-hybridized carbons (Fsp3) is 0.783. The van der Waals surface area contributed by atoms with Crippen molar-refractivity contribution in [2.75, 3.05) is 160 Å². The molecule has 35 nitrogen and oxygen atoms in total. The van der Waals surface area contributed by atoms with E-state index in [9.17, 15) is 62.6 Å². The normalized spacial score (nSPS) is 16.4. The summed E-state index contributed by atoms with van der Waals surface area (Å²) in [5, 5.41) is 45.3. The second kappa shape index (κ2) is 62.2. The summed E-state index contributed by atoms with van der Waals surface area (Å²) in [6.45, 7) is 20.5. The molecule has 0 saturated carbocycles. The lowest BCUT2D eigenvalue weighted by Crippen LogP contribution is -2.42. The molecular weight excluding hydrogens is 1260 g/mol. The Hall–Kier alpha value is -1.67. The topological polar surface area (TPSA) is 470 Å². The lowest BCUT2D eigenvalue weighted by atomic mass is 9.92. The summed E-state index contributed by atoms with van der Waals surface area (Å²) in [5.41, 5.74) is -1.59. The van der Waals surface area contributed by atoms with Gasteiger partial charge in [0.25, 0.3) is 31.3 Å². The number of phosphoric ester groups is 4. The van der Waals surface area contributed by atoms with Gasteiger partial charge in [-0.25, -0.2) is 0 Å². The van der Waals surface area contributed by atoms with Crippen LogP contribution >= 0.6 is 38.9 Å². The van der Waals surface area contributed by atoms with Crippen molar-refractivity contribution < 1.29 is 157 Å². The fourth-order valence-electron chi connectivity index (χ4n) is 5.24. The highest BCUT2D eigenvalue weighted by molar-refractivity contribution is 7.50. The second-order valence-electron chi connectivity index (χ2n) is 16.0. The molecule has 0 aliphatic rings. The minimum absolute atomic E-state index is 0.0301. The molecule has 0 radical (unpaired) electrons. The zero-order chi connectivity index (χ0) is 66.5. The number of ether oxygens (including phenoxy) is 6. The summed E-state index contributed by atoms with van der Waals surface area (Å²) in [7, 11) is -20.9. The Morgan fingerprint density at radius 2 is 0.779 bits per heavy atom. The lowest BCUT2D eigenvalue weighted by molar-refractivity contribution is -0.692. The molecule has 40 heteroatoms. The van der Waals surface area contributed by atoms with E-state index < -0.39 is 142 Å². The summed E-state index contributed by atoms with van der Waals surface area (Å²) in [5.74, 6) is 0. The van der Waals surface area contributed by atoms with E-state index in [0.717, 1.165) is 25.6 Å². The van der Waals surface area contributed by atoms with Gasteiger partial charge in [-0.3, -0.25) is 28.9 Å². The quantitative estimate of drug-likeness (QED) is 0.0110. The number of aliphatic hydroxyl groups is 3. The van der Waals surface area contributed by atoms with Gasteiger partial charge in [-0.05, 0) is 59.0 Å². The van der Waals surface area contributed by atoms with E-state index in [4.69, 9.17) is 64.6 Å². The van der Waals surface area contributed by atoms with Gasteiger partial charge in [-0.15, -0.1) is 39.5 Å². The van der Waals surface area contributed by atoms with Crippen molar-refractivity contribution in [1.82, 2.24) is 10.6 Å². The third-order valence-electron chi connectivity index (χ3n) is 8.77. The number of phosphoric acid groups is 4. The third-order valence-corrected chi connectivity index (χ3v) is 13.5. The van der Waals surface area contributed by atoms with Crippen LogP contribution in [0.5, 0.6) is 0 Å². The van der Waals surface area contributed by atoms with Gasteiger partial charge in [0.1, 0.15) is 20.1 Å². The summed E-state index contributed by atoms with van der Waals surface area (Å²) in [4.78, 5) is 69.4. The Kier molecular flexibility index (Phi) is 67.2. The second-order valence-corrected chi connectivity index (χ2v) is 23.3. The molecule has 0 heterocycles. The van der Waals surface area contributed by atoms with Crippen LogP contribution in [-0.4, -0.2) is 193 Å². The molecule has 0 aromatic rings. The monoisotopic (exact) mass is 1360 g/mol. The van der Waals surface area contributed by atoms with E-state index in [2.05, 4.69) is 92.7 Å². The van der Waals surface area contributed by atoms with Crippen LogP contribution in [0.4, 0.5) is 0 Å². The van der Waals surface area contributed by atoms with Crippen molar-refractivity contribution in [1.29, 1.82) is 0 Å². The van der Waals surface area contributed by atoms with Crippen LogP contribution in [0.3, 0.4) is 0 Å². The molecule has 5 N–H and O–H groups in total. The van der Waals surface area contributed by atoms with Gasteiger partial charge >= 0.3 is 0 Å². The predicted molar refractivity (Wildman–Crippen MR) is 299 cm³/mol. The molecule has 0 amide bonds. The molecule has 0 rings (SSSR count). The molecule has 0 aliphatic heterocycles. The first kappa shape index (κ1) is 93.0. The molecule has 0 bridgehead atoms. The van der Waals surface area contributed by atoms with Crippen LogP contribution in [0, 0.1) is 5.41 Å². The van der Waals surface area contributed by atoms with E-state index >= 15 is 0 Å². The number of nitrogens with one attached hydrogen (secondary N) is 2. The molecular formula is C46H94N2O33P5-5. The smallest absolute Gasteiger partial charge is 0.268 e. The third kappa shape index (κ3) is 63.9. The average Bonchev–Trinajstić information content (AvgIpc) is 3.66. The number of hydrogen-bond acceptors (Lipinski definition) is 35. The summed E-state index contributed by atoms with van der Waals surface area (Å²) < 4.78 is 138. The van der Waals surface area contributed by atoms with Crippen LogP contribution in [0.15, 0.2) is 65.2 Å². The molecule has 0 aromatic heterocycles. The van der Waals surface area contributed by atoms with Crippen LogP contribution < -0.4 is 35.1 Å². The molecule has 516 valence electrons. The van der Waals surface area contributed by atoms with Crippen molar-refractivity contribution in [2.45, 2.75) is 70.2 Å². The molecule has 0 spiro atoms. The Morgan fingerprint density at radius 3 is 1.09 bits per heavy atom. The maximum Gasteiger partial charge on any atom is 0.268 e. The SMILES string of the molecule is C=C.C=C.C=C.C=COOOOOC=C.CCCOCCC(CO)OP(=O)([O-])OCCCOCC(COCCCOP(=O)([O-])OC(CO)CCOCNC)(COCCCOP(=O)([O-])OC(CO)CCOCNC)COP(=O)([O-])OCCOP(C)(=O)[O-]. The Balaban J connectivity index is -0.00000130. The van der Waals surface area contributed by atoms with Crippen LogP contribution in [-0.2, 0) is 117 Å². The van der Waals surface area contributed by atoms with Gasteiger partial charge in [0, 0.05) is 54.8 Å². The Labute approximate surface area is 505 Å². The van der Waals surface area contributed by atoms with Crippen LogP contribution in [0.25, 0.3) is 0 Å². The standard InChI is InChI=1S/C36H81N2O28P5.C4H6O5.3C2H4/c1-5-12-52-19-9-33(24-39)64-69(46,47)59-16-6-13-53-27-36(30-63-68(44,45)62-23-22-58-67(4,42)43,28-54-14-7-17-60-70(48,49)65-34(25-40)10-20-56-31-37-2)29-55-15-8-18-61-71(50,51)66-35(26-41)11-21-57-32-38-3;1-3-5-7-9-8-6-4-2;3*1-2/h33-35,37-41H,5-32H2,1-4H3,(H,42,43)(H,44,45)(H,46,47)(H,48,49)(H,50,51);3-4H,1-2H2;3*1-2H2/p-5.